The van der Waals surface area contributed by atoms with Crippen molar-refractivity contribution in [2.24, 2.45) is 28.3 Å². The van der Waals surface area contributed by atoms with Crippen molar-refractivity contribution in [2.75, 3.05) is 13.1 Å². The maximum atomic E-state index is 14.9. The summed E-state index contributed by atoms with van der Waals surface area (Å²) in [6, 6.07) is 2.88. The van der Waals surface area contributed by atoms with Gasteiger partial charge in [-0.05, 0) is 74.5 Å². The van der Waals surface area contributed by atoms with E-state index < -0.39 is 103 Å². The van der Waals surface area contributed by atoms with Crippen molar-refractivity contribution in [3.63, 3.8) is 0 Å². The van der Waals surface area contributed by atoms with E-state index in [9.17, 15) is 54.6 Å². The third-order valence-corrected chi connectivity index (χ3v) is 11.6. The summed E-state index contributed by atoms with van der Waals surface area (Å²) in [4.78, 5) is 73.0. The molecule has 2 heterocycles. The van der Waals surface area contributed by atoms with Crippen LogP contribution in [-0.4, -0.2) is 151 Å². The fourth-order valence-electron chi connectivity index (χ4n) is 8.36. The largest absolute Gasteiger partial charge is 0.508 e. The van der Waals surface area contributed by atoms with Gasteiger partial charge in [0.1, 0.15) is 48.4 Å². The van der Waals surface area contributed by atoms with Crippen molar-refractivity contribution in [2.45, 2.75) is 165 Å². The molecule has 12 N–H and O–H groups in total. The minimum absolute atomic E-state index is 0.00858. The molecule has 12 atom stereocenters. The number of nitrogens with two attached hydrogens (primary N) is 2. The summed E-state index contributed by atoms with van der Waals surface area (Å²) in [5, 5.41) is 67.7. The standard InChI is InChI=1S/C42H66N6O14/c1-4-5-6-7-10-32(51)60-30-20-24-19-28(37(55)45-15-8-9-16-46-42(43)44)48(27(24)21-31(30)61-41-35(54)33(52)34(53)36(62-41)40(58)59)39(57)26(17-22(2)3)47-38(56)29(50)18-23-11-13-25(49)14-12-23/h11-14,22,24,26-31,33-36,41,49-50,52-54H,4-10,15-21H2,1-3H3,(H,45,55)(H,47,56)(H,58,59)(H4,43,44,46)/t24-,26+,27+,28-,29+,30-,31-,33+,34-,35-,36-,41-/m1/s1. The molecule has 20 heteroatoms. The molecule has 1 saturated carbocycles. The highest BCUT2D eigenvalue weighted by Crippen LogP contribution is 2.43. The van der Waals surface area contributed by atoms with Gasteiger partial charge in [0.15, 0.2) is 18.4 Å². The Morgan fingerprint density at radius 2 is 1.65 bits per heavy atom. The van der Waals surface area contributed by atoms with Gasteiger partial charge >= 0.3 is 11.9 Å². The lowest BCUT2D eigenvalue weighted by Gasteiger charge is -2.45. The first-order chi connectivity index (χ1) is 29.4. The van der Waals surface area contributed by atoms with Crippen LogP contribution in [0.2, 0.25) is 0 Å². The number of amides is 3. The lowest BCUT2D eigenvalue weighted by Crippen LogP contribution is -2.62. The topological polar surface area (TPSA) is 326 Å². The number of carbonyl (C=O) groups is 5. The Balaban J connectivity index is 1.66. The molecular formula is C42H66N6O14. The zero-order valence-corrected chi connectivity index (χ0v) is 35.7. The van der Waals surface area contributed by atoms with E-state index in [4.69, 9.17) is 25.7 Å². The lowest BCUT2D eigenvalue weighted by molar-refractivity contribution is -0.314. The quantitative estimate of drug-likeness (QED) is 0.0305. The van der Waals surface area contributed by atoms with Crippen molar-refractivity contribution >= 4 is 35.6 Å². The first-order valence-electron chi connectivity index (χ1n) is 21.6. The number of nitrogens with zero attached hydrogens (tertiary/aromatic N) is 2. The van der Waals surface area contributed by atoms with Gasteiger partial charge in [-0.25, -0.2) is 4.79 Å². The summed E-state index contributed by atoms with van der Waals surface area (Å²) in [6.07, 6.45) is -8.95. The molecule has 3 fully saturated rings. The number of hydrogen-bond donors (Lipinski definition) is 10. The molecule has 1 aromatic carbocycles. The number of rotatable bonds is 22. The number of unbranched alkanes of at least 4 members (excludes halogenated alkanes) is 4. The summed E-state index contributed by atoms with van der Waals surface area (Å²) < 4.78 is 17.6. The molecule has 20 nitrogen and oxygen atoms in total. The average Bonchev–Trinajstić information content (AvgIpc) is 3.58. The number of carbonyl (C=O) groups excluding carboxylic acids is 4. The van der Waals surface area contributed by atoms with E-state index in [1.54, 1.807) is 12.1 Å². The highest BCUT2D eigenvalue weighted by Gasteiger charge is 2.55. The van der Waals surface area contributed by atoms with Crippen LogP contribution in [0.25, 0.3) is 0 Å². The number of phenolic OH excluding ortho intramolecular Hbond substituents is 1. The van der Waals surface area contributed by atoms with E-state index in [0.717, 1.165) is 19.3 Å². The minimum Gasteiger partial charge on any atom is -0.508 e. The Morgan fingerprint density at radius 1 is 0.935 bits per heavy atom. The highest BCUT2D eigenvalue weighted by atomic mass is 16.7. The van der Waals surface area contributed by atoms with E-state index in [1.165, 1.54) is 17.0 Å². The van der Waals surface area contributed by atoms with E-state index in [-0.39, 0.29) is 62.7 Å². The molecule has 0 bridgehead atoms. The number of phenols is 1. The maximum Gasteiger partial charge on any atom is 0.335 e. The van der Waals surface area contributed by atoms with E-state index in [2.05, 4.69) is 15.6 Å². The predicted molar refractivity (Wildman–Crippen MR) is 222 cm³/mol. The monoisotopic (exact) mass is 878 g/mol. The maximum absolute atomic E-state index is 14.9. The molecule has 348 valence electrons. The van der Waals surface area contributed by atoms with Gasteiger partial charge in [-0.15, -0.1) is 0 Å². The second kappa shape index (κ2) is 23.7. The second-order valence-electron chi connectivity index (χ2n) is 16.9. The number of benzene rings is 1. The number of aromatic hydroxyl groups is 1. The molecule has 3 aliphatic rings. The Kier molecular flexibility index (Phi) is 19.2. The van der Waals surface area contributed by atoms with E-state index >= 15 is 0 Å². The molecule has 1 aliphatic carbocycles. The van der Waals surface area contributed by atoms with Crippen molar-refractivity contribution in [1.29, 1.82) is 0 Å². The number of fused-ring (bicyclic) bond motifs is 1. The fraction of sp³-hybridized carbons (Fsp3) is 0.714. The fourth-order valence-corrected chi connectivity index (χ4v) is 8.36. The molecule has 3 amide bonds. The predicted octanol–water partition coefficient (Wildman–Crippen LogP) is -0.465. The van der Waals surface area contributed by atoms with Gasteiger partial charge in [0, 0.05) is 32.0 Å². The van der Waals surface area contributed by atoms with Crippen LogP contribution in [0.3, 0.4) is 0 Å². The van der Waals surface area contributed by atoms with Crippen LogP contribution >= 0.6 is 0 Å². The van der Waals surface area contributed by atoms with Gasteiger partial charge in [0.05, 0.1) is 6.10 Å². The molecular weight excluding hydrogens is 812 g/mol. The summed E-state index contributed by atoms with van der Waals surface area (Å²) in [5.74, 6) is -4.74. The van der Waals surface area contributed by atoms with E-state index in [0.29, 0.717) is 31.4 Å². The summed E-state index contributed by atoms with van der Waals surface area (Å²) in [5.41, 5.74) is 11.4. The number of aliphatic hydroxyl groups excluding tert-OH is 4. The number of hydrogen-bond acceptors (Lipinski definition) is 14. The third kappa shape index (κ3) is 14.0. The van der Waals surface area contributed by atoms with Gasteiger partial charge in [-0.1, -0.05) is 52.2 Å². The summed E-state index contributed by atoms with van der Waals surface area (Å²) >= 11 is 0. The number of nitrogens with one attached hydrogen (secondary N) is 2. The number of ether oxygens (including phenoxy) is 3. The first-order valence-corrected chi connectivity index (χ1v) is 21.6. The Hall–Kier alpha value is -4.60. The number of carboxylic acids is 1. The van der Waals surface area contributed by atoms with Crippen molar-refractivity contribution < 1.29 is 68.8 Å². The highest BCUT2D eigenvalue weighted by molar-refractivity contribution is 5.93. The smallest absolute Gasteiger partial charge is 0.335 e. The van der Waals surface area contributed by atoms with Gasteiger partial charge < -0.3 is 71.9 Å². The Labute approximate surface area is 361 Å². The van der Waals surface area contributed by atoms with Crippen LogP contribution in [0.4, 0.5) is 0 Å². The Bertz CT molecular complexity index is 1680. The summed E-state index contributed by atoms with van der Waals surface area (Å²) in [6.45, 7) is 6.28. The van der Waals surface area contributed by atoms with Gasteiger partial charge in [-0.2, -0.15) is 0 Å². The number of aliphatic hydroxyl groups is 4. The van der Waals surface area contributed by atoms with Crippen LogP contribution < -0.4 is 22.1 Å². The normalized spacial score (nSPS) is 28.0. The minimum atomic E-state index is -1.99. The molecule has 0 unspecified atom stereocenters. The zero-order chi connectivity index (χ0) is 45.7. The van der Waals surface area contributed by atoms with Crippen LogP contribution in [0.15, 0.2) is 29.3 Å². The zero-order valence-electron chi connectivity index (χ0n) is 35.7. The molecule has 1 aromatic rings. The van der Waals surface area contributed by atoms with Gasteiger partial charge in [0.25, 0.3) is 0 Å². The van der Waals surface area contributed by atoms with Crippen LogP contribution in [0.5, 0.6) is 5.75 Å². The molecule has 62 heavy (non-hydrogen) atoms. The average molecular weight is 879 g/mol. The molecule has 0 radical (unpaired) electrons. The van der Waals surface area contributed by atoms with Gasteiger partial charge in [0.2, 0.25) is 17.7 Å². The second-order valence-corrected chi connectivity index (χ2v) is 16.9. The summed E-state index contributed by atoms with van der Waals surface area (Å²) in [7, 11) is 0. The number of carboxylic acid groups (broad SMARTS) is 1. The van der Waals surface area contributed by atoms with Crippen LogP contribution in [0, 0.1) is 11.8 Å². The first kappa shape index (κ1) is 50.0. The number of guanidine groups is 1. The molecule has 0 aromatic heterocycles. The van der Waals surface area contributed by atoms with Gasteiger partial charge in [-0.3, -0.25) is 24.2 Å². The molecule has 2 aliphatic heterocycles. The number of aliphatic carboxylic acids is 1. The number of likely N-dealkylation sites (tertiary alicyclic amines) is 1. The molecule has 0 spiro atoms. The molecule has 4 rings (SSSR count). The van der Waals surface area contributed by atoms with E-state index in [1.807, 2.05) is 20.8 Å². The van der Waals surface area contributed by atoms with Crippen molar-refractivity contribution in [1.82, 2.24) is 15.5 Å². The Morgan fingerprint density at radius 3 is 2.29 bits per heavy atom. The van der Waals surface area contributed by atoms with Crippen molar-refractivity contribution in [3.8, 4) is 5.75 Å². The molecule has 2 saturated heterocycles. The number of aliphatic imine (C=N–C) groups is 1. The van der Waals surface area contributed by atoms with Crippen molar-refractivity contribution in [3.05, 3.63) is 29.8 Å². The lowest BCUT2D eigenvalue weighted by atomic mass is 9.80. The van der Waals surface area contributed by atoms with Crippen LogP contribution in [0.1, 0.15) is 97.0 Å². The van der Waals surface area contributed by atoms with Crippen LogP contribution in [-0.2, 0) is 44.6 Å². The SMILES string of the molecule is CCCCCCC(=O)O[C@@H]1C[C@H]2C[C@H](C(=O)NCCCCN=C(N)N)N(C(=O)[C@H](CC(C)C)NC(=O)[C@@H](O)Cc3ccc(O)cc3)[C@H]2C[C@H]1O[C@@H]1O[C@@H](C(=O)O)[C@H](O)[C@H](O)[C@H]1O. The third-order valence-electron chi connectivity index (χ3n) is 11.6. The number of esters is 1.